The van der Waals surface area contributed by atoms with Gasteiger partial charge in [-0.2, -0.15) is 0 Å². The second-order valence-electron chi connectivity index (χ2n) is 5.03. The fourth-order valence-corrected chi connectivity index (χ4v) is 3.63. The quantitative estimate of drug-likeness (QED) is 0.829. The standard InChI is InChI=1S/C14H22N2O3S/c1-19-14-4-2-13(3-5-14)12-20(17,18)11-10-16-8-6-15-7-9-16/h2-5,15H,6-12H2,1H3. The molecule has 1 heterocycles. The molecule has 112 valence electrons. The van der Waals surface area contributed by atoms with Crippen molar-refractivity contribution in [3.05, 3.63) is 29.8 Å². The second-order valence-corrected chi connectivity index (χ2v) is 7.22. The summed E-state index contributed by atoms with van der Waals surface area (Å²) >= 11 is 0. The Balaban J connectivity index is 1.85. The summed E-state index contributed by atoms with van der Waals surface area (Å²) < 4.78 is 29.3. The molecule has 2 rings (SSSR count). The summed E-state index contributed by atoms with van der Waals surface area (Å²) in [5.74, 6) is 1.06. The topological polar surface area (TPSA) is 58.6 Å². The monoisotopic (exact) mass is 298 g/mol. The predicted octanol–water partition coefficient (Wildman–Crippen LogP) is 0.515. The van der Waals surface area contributed by atoms with Crippen LogP contribution in [0.1, 0.15) is 5.56 Å². The Labute approximate surface area is 120 Å². The van der Waals surface area contributed by atoms with Gasteiger partial charge in [0.05, 0.1) is 18.6 Å². The average Bonchev–Trinajstić information content (AvgIpc) is 2.47. The molecule has 0 bridgehead atoms. The number of hydrogen-bond donors (Lipinski definition) is 1. The molecule has 1 saturated heterocycles. The lowest BCUT2D eigenvalue weighted by Gasteiger charge is -2.26. The van der Waals surface area contributed by atoms with Crippen molar-refractivity contribution in [1.29, 1.82) is 0 Å². The first-order chi connectivity index (χ1) is 9.59. The van der Waals surface area contributed by atoms with E-state index in [4.69, 9.17) is 4.74 Å². The maximum atomic E-state index is 12.1. The highest BCUT2D eigenvalue weighted by atomic mass is 32.2. The molecule has 0 atom stereocenters. The van der Waals surface area contributed by atoms with E-state index >= 15 is 0 Å². The molecular weight excluding hydrogens is 276 g/mol. The molecule has 1 N–H and O–H groups in total. The van der Waals surface area contributed by atoms with Crippen LogP contribution in [0, 0.1) is 0 Å². The molecule has 6 heteroatoms. The van der Waals surface area contributed by atoms with Crippen LogP contribution in [0.25, 0.3) is 0 Å². The van der Waals surface area contributed by atoms with Gasteiger partial charge in [-0.15, -0.1) is 0 Å². The van der Waals surface area contributed by atoms with Gasteiger partial charge in [-0.3, -0.25) is 4.90 Å². The van der Waals surface area contributed by atoms with E-state index in [9.17, 15) is 8.42 Å². The van der Waals surface area contributed by atoms with Crippen molar-refractivity contribution in [3.63, 3.8) is 0 Å². The zero-order valence-electron chi connectivity index (χ0n) is 11.8. The summed E-state index contributed by atoms with van der Waals surface area (Å²) in [6.07, 6.45) is 0. The Bertz CT molecular complexity index is 508. The van der Waals surface area contributed by atoms with Crippen LogP contribution in [0.5, 0.6) is 5.75 Å². The van der Waals surface area contributed by atoms with Crippen LogP contribution >= 0.6 is 0 Å². The summed E-state index contributed by atoms with van der Waals surface area (Å²) in [7, 11) is -1.46. The van der Waals surface area contributed by atoms with Crippen LogP contribution in [0.4, 0.5) is 0 Å². The molecule has 5 nitrogen and oxygen atoms in total. The lowest BCUT2D eigenvalue weighted by Crippen LogP contribution is -2.45. The van der Waals surface area contributed by atoms with Gasteiger partial charge in [-0.1, -0.05) is 12.1 Å². The molecule has 0 unspecified atom stereocenters. The summed E-state index contributed by atoms with van der Waals surface area (Å²) in [5, 5.41) is 3.26. The van der Waals surface area contributed by atoms with Gasteiger partial charge in [0.2, 0.25) is 0 Å². The van der Waals surface area contributed by atoms with Crippen molar-refractivity contribution in [1.82, 2.24) is 10.2 Å². The fraction of sp³-hybridized carbons (Fsp3) is 0.571. The van der Waals surface area contributed by atoms with Crippen LogP contribution in [0.2, 0.25) is 0 Å². The molecule has 1 aromatic carbocycles. The predicted molar refractivity (Wildman–Crippen MR) is 79.8 cm³/mol. The normalized spacial score (nSPS) is 17.1. The van der Waals surface area contributed by atoms with Gasteiger partial charge in [0.15, 0.2) is 9.84 Å². The van der Waals surface area contributed by atoms with E-state index in [2.05, 4.69) is 10.2 Å². The number of nitrogens with zero attached hydrogens (tertiary/aromatic N) is 1. The van der Waals surface area contributed by atoms with E-state index in [1.165, 1.54) is 0 Å². The van der Waals surface area contributed by atoms with Gasteiger partial charge in [0, 0.05) is 32.7 Å². The number of sulfone groups is 1. The molecule has 0 aromatic heterocycles. The summed E-state index contributed by atoms with van der Waals surface area (Å²) in [6.45, 7) is 4.37. The molecule has 0 amide bonds. The van der Waals surface area contributed by atoms with Gasteiger partial charge in [-0.05, 0) is 17.7 Å². The third kappa shape index (κ3) is 4.77. The minimum absolute atomic E-state index is 0.100. The zero-order valence-corrected chi connectivity index (χ0v) is 12.7. The van der Waals surface area contributed by atoms with Crippen LogP contribution in [-0.2, 0) is 15.6 Å². The number of rotatable bonds is 6. The molecule has 1 aliphatic rings. The molecule has 0 saturated carbocycles. The van der Waals surface area contributed by atoms with E-state index in [0.29, 0.717) is 6.54 Å². The third-order valence-electron chi connectivity index (χ3n) is 3.47. The third-order valence-corrected chi connectivity index (χ3v) is 5.05. The fourth-order valence-electron chi connectivity index (χ4n) is 2.25. The maximum Gasteiger partial charge on any atom is 0.155 e. The second kappa shape index (κ2) is 7.06. The van der Waals surface area contributed by atoms with Gasteiger partial charge in [0.25, 0.3) is 0 Å². The van der Waals surface area contributed by atoms with Crippen molar-refractivity contribution in [2.45, 2.75) is 5.75 Å². The minimum atomic E-state index is -3.06. The van der Waals surface area contributed by atoms with Gasteiger partial charge in [-0.25, -0.2) is 8.42 Å². The molecule has 1 aliphatic heterocycles. The Hall–Kier alpha value is -1.11. The number of hydrogen-bond acceptors (Lipinski definition) is 5. The molecule has 20 heavy (non-hydrogen) atoms. The molecule has 1 fully saturated rings. The maximum absolute atomic E-state index is 12.1. The number of ether oxygens (including phenoxy) is 1. The van der Waals surface area contributed by atoms with Gasteiger partial charge in [0.1, 0.15) is 5.75 Å². The van der Waals surface area contributed by atoms with Crippen LogP contribution in [0.3, 0.4) is 0 Å². The van der Waals surface area contributed by atoms with Crippen LogP contribution in [-0.4, -0.2) is 58.9 Å². The highest BCUT2D eigenvalue weighted by Gasteiger charge is 2.16. The van der Waals surface area contributed by atoms with Crippen molar-refractivity contribution >= 4 is 9.84 Å². The molecule has 0 aliphatic carbocycles. The Morgan fingerprint density at radius 1 is 1.20 bits per heavy atom. The lowest BCUT2D eigenvalue weighted by atomic mass is 10.2. The summed E-state index contributed by atoms with van der Waals surface area (Å²) in [4.78, 5) is 2.20. The SMILES string of the molecule is COc1ccc(CS(=O)(=O)CCN2CCNCC2)cc1. The summed E-state index contributed by atoms with van der Waals surface area (Å²) in [5.41, 5.74) is 0.811. The van der Waals surface area contributed by atoms with E-state index < -0.39 is 9.84 Å². The minimum Gasteiger partial charge on any atom is -0.497 e. The van der Waals surface area contributed by atoms with E-state index in [0.717, 1.165) is 37.5 Å². The first-order valence-corrected chi connectivity index (χ1v) is 8.68. The summed E-state index contributed by atoms with van der Waals surface area (Å²) in [6, 6.07) is 7.20. The van der Waals surface area contributed by atoms with E-state index in [1.54, 1.807) is 31.4 Å². The largest absolute Gasteiger partial charge is 0.497 e. The van der Waals surface area contributed by atoms with Crippen LogP contribution in [0.15, 0.2) is 24.3 Å². The first kappa shape index (κ1) is 15.3. The van der Waals surface area contributed by atoms with Gasteiger partial charge >= 0.3 is 0 Å². The zero-order chi connectivity index (χ0) is 14.4. The van der Waals surface area contributed by atoms with Crippen molar-refractivity contribution in [3.8, 4) is 5.75 Å². The number of benzene rings is 1. The number of methoxy groups -OCH3 is 1. The smallest absolute Gasteiger partial charge is 0.155 e. The highest BCUT2D eigenvalue weighted by Crippen LogP contribution is 2.14. The van der Waals surface area contributed by atoms with Crippen LogP contribution < -0.4 is 10.1 Å². The average molecular weight is 298 g/mol. The van der Waals surface area contributed by atoms with Crippen molar-refractivity contribution < 1.29 is 13.2 Å². The van der Waals surface area contributed by atoms with Crippen molar-refractivity contribution in [2.24, 2.45) is 0 Å². The Morgan fingerprint density at radius 3 is 2.45 bits per heavy atom. The van der Waals surface area contributed by atoms with E-state index in [1.807, 2.05) is 0 Å². The Morgan fingerprint density at radius 2 is 1.85 bits per heavy atom. The number of piperazine rings is 1. The first-order valence-electron chi connectivity index (χ1n) is 6.85. The molecule has 0 radical (unpaired) electrons. The molecule has 1 aromatic rings. The lowest BCUT2D eigenvalue weighted by molar-refractivity contribution is 0.254. The van der Waals surface area contributed by atoms with Gasteiger partial charge < -0.3 is 10.1 Å². The molecule has 0 spiro atoms. The van der Waals surface area contributed by atoms with Crippen molar-refractivity contribution in [2.75, 3.05) is 45.6 Å². The number of nitrogens with one attached hydrogen (secondary N) is 1. The Kier molecular flexibility index (Phi) is 5.39. The van der Waals surface area contributed by atoms with E-state index in [-0.39, 0.29) is 11.5 Å². The molecular formula is C14H22N2O3S. The highest BCUT2D eigenvalue weighted by molar-refractivity contribution is 7.90.